The molecule has 24 heavy (non-hydrogen) atoms. The Morgan fingerprint density at radius 3 is 2.25 bits per heavy atom. The number of hydrogen-bond acceptors (Lipinski definition) is 3. The van der Waals surface area contributed by atoms with Crippen LogP contribution >= 0.6 is 0 Å². The number of aliphatic hydroxyl groups is 1. The van der Waals surface area contributed by atoms with Gasteiger partial charge in [-0.1, -0.05) is 48.5 Å². The van der Waals surface area contributed by atoms with Crippen LogP contribution in [-0.4, -0.2) is 30.0 Å². The maximum Gasteiger partial charge on any atom is 0.407 e. The van der Waals surface area contributed by atoms with Gasteiger partial charge in [0.05, 0.1) is 5.60 Å². The fourth-order valence-corrected chi connectivity index (χ4v) is 3.44. The molecule has 4 heteroatoms. The lowest BCUT2D eigenvalue weighted by molar-refractivity contribution is 0.128. The molecule has 0 spiro atoms. The first-order valence-corrected chi connectivity index (χ1v) is 8.48. The van der Waals surface area contributed by atoms with E-state index in [-0.39, 0.29) is 5.92 Å². The van der Waals surface area contributed by atoms with Crippen LogP contribution in [-0.2, 0) is 4.74 Å². The minimum absolute atomic E-state index is 0.0794. The van der Waals surface area contributed by atoms with Gasteiger partial charge in [-0.05, 0) is 41.5 Å². The number of carbonyl (C=O) groups excluding carboxylic acids is 1. The zero-order valence-corrected chi connectivity index (χ0v) is 13.5. The summed E-state index contributed by atoms with van der Waals surface area (Å²) in [5.74, 6) is 0.0794. The summed E-state index contributed by atoms with van der Waals surface area (Å²) in [4.78, 5) is 11.9. The Kier molecular flexibility index (Phi) is 3.77. The minimum Gasteiger partial charge on any atom is -0.449 e. The molecule has 2 aromatic rings. The Balaban J connectivity index is 1.40. The number of ether oxygens (including phenoxy) is 1. The van der Waals surface area contributed by atoms with Crippen molar-refractivity contribution >= 4 is 6.09 Å². The van der Waals surface area contributed by atoms with Crippen molar-refractivity contribution in [1.82, 2.24) is 5.32 Å². The smallest absolute Gasteiger partial charge is 0.407 e. The Labute approximate surface area is 141 Å². The van der Waals surface area contributed by atoms with E-state index in [1.165, 1.54) is 22.3 Å². The van der Waals surface area contributed by atoms with Gasteiger partial charge in [-0.25, -0.2) is 4.79 Å². The summed E-state index contributed by atoms with van der Waals surface area (Å²) < 4.78 is 5.44. The van der Waals surface area contributed by atoms with Crippen molar-refractivity contribution in [3.05, 3.63) is 59.7 Å². The Bertz CT molecular complexity index is 721. The van der Waals surface area contributed by atoms with E-state index in [0.717, 1.165) is 12.8 Å². The second-order valence-corrected chi connectivity index (χ2v) is 6.73. The van der Waals surface area contributed by atoms with E-state index in [1.807, 2.05) is 24.3 Å². The summed E-state index contributed by atoms with van der Waals surface area (Å²) in [7, 11) is 0. The van der Waals surface area contributed by atoms with Crippen LogP contribution in [0.1, 0.15) is 36.3 Å². The monoisotopic (exact) mass is 323 g/mol. The third-order valence-corrected chi connectivity index (χ3v) is 5.03. The van der Waals surface area contributed by atoms with Gasteiger partial charge in [-0.3, -0.25) is 0 Å². The van der Waals surface area contributed by atoms with Gasteiger partial charge in [0, 0.05) is 12.5 Å². The van der Waals surface area contributed by atoms with E-state index < -0.39 is 11.7 Å². The van der Waals surface area contributed by atoms with Gasteiger partial charge in [-0.2, -0.15) is 0 Å². The molecule has 4 rings (SSSR count). The zero-order valence-electron chi connectivity index (χ0n) is 13.5. The standard InChI is InChI=1S/C20H21NO3/c22-19(21-12-11-20(23)9-10-20)24-13-18-16-7-3-1-5-14(16)15-6-2-4-8-17(15)18/h1-8,18,23H,9-13H2,(H,21,22). The highest BCUT2D eigenvalue weighted by atomic mass is 16.5. The largest absolute Gasteiger partial charge is 0.449 e. The van der Waals surface area contributed by atoms with E-state index in [9.17, 15) is 9.90 Å². The fraction of sp³-hybridized carbons (Fsp3) is 0.350. The van der Waals surface area contributed by atoms with Crippen LogP contribution in [0.25, 0.3) is 11.1 Å². The number of hydrogen-bond donors (Lipinski definition) is 2. The van der Waals surface area contributed by atoms with Crippen LogP contribution in [0.2, 0.25) is 0 Å². The molecule has 0 atom stereocenters. The number of benzene rings is 2. The van der Waals surface area contributed by atoms with Crippen molar-refractivity contribution in [2.24, 2.45) is 0 Å². The topological polar surface area (TPSA) is 58.6 Å². The normalized spacial score (nSPS) is 17.0. The molecule has 1 amide bonds. The Hall–Kier alpha value is -2.33. The van der Waals surface area contributed by atoms with E-state index in [0.29, 0.717) is 19.6 Å². The molecular formula is C20H21NO3. The second kappa shape index (κ2) is 5.95. The highest BCUT2D eigenvalue weighted by molar-refractivity contribution is 5.79. The summed E-state index contributed by atoms with van der Waals surface area (Å²) in [5.41, 5.74) is 4.31. The molecule has 2 N–H and O–H groups in total. The molecule has 0 aliphatic heterocycles. The summed E-state index contributed by atoms with van der Waals surface area (Å²) in [5, 5.41) is 12.5. The third kappa shape index (κ3) is 2.89. The predicted octanol–water partition coefficient (Wildman–Crippen LogP) is 3.44. The van der Waals surface area contributed by atoms with Crippen molar-refractivity contribution in [1.29, 1.82) is 0 Å². The van der Waals surface area contributed by atoms with Crippen LogP contribution < -0.4 is 5.32 Å². The molecule has 0 heterocycles. The molecule has 0 radical (unpaired) electrons. The third-order valence-electron chi connectivity index (χ3n) is 5.03. The van der Waals surface area contributed by atoms with Crippen molar-refractivity contribution in [2.75, 3.05) is 13.2 Å². The first-order chi connectivity index (χ1) is 11.7. The van der Waals surface area contributed by atoms with E-state index in [4.69, 9.17) is 4.74 Å². The van der Waals surface area contributed by atoms with Crippen LogP contribution in [0.4, 0.5) is 4.79 Å². The summed E-state index contributed by atoms with van der Waals surface area (Å²) >= 11 is 0. The molecular weight excluding hydrogens is 302 g/mol. The first kappa shape index (κ1) is 15.2. The molecule has 4 nitrogen and oxygen atoms in total. The molecule has 2 aromatic carbocycles. The number of fused-ring (bicyclic) bond motifs is 3. The van der Waals surface area contributed by atoms with Gasteiger partial charge in [0.25, 0.3) is 0 Å². The van der Waals surface area contributed by atoms with Crippen molar-refractivity contribution < 1.29 is 14.6 Å². The number of carbonyl (C=O) groups is 1. The van der Waals surface area contributed by atoms with Crippen LogP contribution in [0, 0.1) is 0 Å². The van der Waals surface area contributed by atoms with Gasteiger partial charge in [0.1, 0.15) is 6.61 Å². The second-order valence-electron chi connectivity index (χ2n) is 6.73. The van der Waals surface area contributed by atoms with Crippen molar-refractivity contribution in [3.63, 3.8) is 0 Å². The molecule has 2 aliphatic rings. The molecule has 1 saturated carbocycles. The molecule has 0 bridgehead atoms. The SMILES string of the molecule is O=C(NCCC1(O)CC1)OCC1c2ccccc2-c2ccccc21. The van der Waals surface area contributed by atoms with Crippen molar-refractivity contribution in [3.8, 4) is 11.1 Å². The first-order valence-electron chi connectivity index (χ1n) is 8.48. The predicted molar refractivity (Wildman–Crippen MR) is 91.9 cm³/mol. The summed E-state index contributed by atoms with van der Waals surface area (Å²) in [6.45, 7) is 0.775. The maximum absolute atomic E-state index is 11.9. The van der Waals surface area contributed by atoms with Gasteiger partial charge in [0.15, 0.2) is 0 Å². The Morgan fingerprint density at radius 1 is 1.08 bits per heavy atom. The summed E-state index contributed by atoms with van der Waals surface area (Å²) in [6.07, 6.45) is 1.84. The van der Waals surface area contributed by atoms with Gasteiger partial charge in [0.2, 0.25) is 0 Å². The summed E-state index contributed by atoms with van der Waals surface area (Å²) in [6, 6.07) is 16.5. The lowest BCUT2D eigenvalue weighted by atomic mass is 9.98. The van der Waals surface area contributed by atoms with E-state index >= 15 is 0 Å². The lowest BCUT2D eigenvalue weighted by Gasteiger charge is -2.15. The number of nitrogens with one attached hydrogen (secondary N) is 1. The molecule has 0 unspecified atom stereocenters. The highest BCUT2D eigenvalue weighted by Gasteiger charge is 2.39. The van der Waals surface area contributed by atoms with E-state index in [1.54, 1.807) is 0 Å². The van der Waals surface area contributed by atoms with Crippen LogP contribution in [0.15, 0.2) is 48.5 Å². The van der Waals surface area contributed by atoms with Crippen LogP contribution in [0.3, 0.4) is 0 Å². The molecule has 1 fully saturated rings. The van der Waals surface area contributed by atoms with Crippen LogP contribution in [0.5, 0.6) is 0 Å². The van der Waals surface area contributed by atoms with E-state index in [2.05, 4.69) is 29.6 Å². The zero-order chi connectivity index (χ0) is 16.6. The maximum atomic E-state index is 11.9. The fourth-order valence-electron chi connectivity index (χ4n) is 3.44. The average molecular weight is 323 g/mol. The Morgan fingerprint density at radius 2 is 1.67 bits per heavy atom. The molecule has 0 saturated heterocycles. The quantitative estimate of drug-likeness (QED) is 0.886. The lowest BCUT2D eigenvalue weighted by Crippen LogP contribution is -2.29. The van der Waals surface area contributed by atoms with Gasteiger partial charge in [-0.15, -0.1) is 0 Å². The van der Waals surface area contributed by atoms with Gasteiger partial charge < -0.3 is 15.2 Å². The number of alkyl carbamates (subject to hydrolysis) is 1. The molecule has 124 valence electrons. The molecule has 0 aromatic heterocycles. The average Bonchev–Trinajstić information content (AvgIpc) is 3.24. The highest BCUT2D eigenvalue weighted by Crippen LogP contribution is 2.44. The number of rotatable bonds is 5. The number of amides is 1. The molecule has 2 aliphatic carbocycles. The van der Waals surface area contributed by atoms with Gasteiger partial charge >= 0.3 is 6.09 Å². The minimum atomic E-state index is -0.545. The van der Waals surface area contributed by atoms with Crippen molar-refractivity contribution in [2.45, 2.75) is 30.8 Å².